The van der Waals surface area contributed by atoms with E-state index in [1.54, 1.807) is 48.0 Å². The van der Waals surface area contributed by atoms with Crippen molar-refractivity contribution in [3.8, 4) is 11.3 Å². The summed E-state index contributed by atoms with van der Waals surface area (Å²) in [7, 11) is 0. The quantitative estimate of drug-likeness (QED) is 0.266. The van der Waals surface area contributed by atoms with E-state index in [1.165, 1.54) is 17.0 Å². The van der Waals surface area contributed by atoms with Crippen molar-refractivity contribution in [3.05, 3.63) is 118 Å². The van der Waals surface area contributed by atoms with Crippen molar-refractivity contribution in [1.82, 2.24) is 35.8 Å². The van der Waals surface area contributed by atoms with Crippen LogP contribution in [0.3, 0.4) is 0 Å². The van der Waals surface area contributed by atoms with Gasteiger partial charge in [0.25, 0.3) is 5.56 Å². The van der Waals surface area contributed by atoms with Gasteiger partial charge < -0.3 is 5.32 Å². The summed E-state index contributed by atoms with van der Waals surface area (Å²) in [6.07, 6.45) is 8.73. The van der Waals surface area contributed by atoms with E-state index in [2.05, 4.69) is 31.2 Å². The molecule has 3 heterocycles. The van der Waals surface area contributed by atoms with Crippen molar-refractivity contribution in [2.75, 3.05) is 11.6 Å². The lowest BCUT2D eigenvalue weighted by Gasteiger charge is -2.21. The minimum atomic E-state index is -0.812. The van der Waals surface area contributed by atoms with Crippen molar-refractivity contribution in [3.63, 3.8) is 0 Å². The van der Waals surface area contributed by atoms with Gasteiger partial charge in [-0.15, -0.1) is 5.53 Å². The first-order valence-electron chi connectivity index (χ1n) is 12.1. The van der Waals surface area contributed by atoms with Gasteiger partial charge in [-0.05, 0) is 23.8 Å². The standard InChI is InChI=1S/C27H24Cl2N8O2/c28-19-6-7-23(37-16-25(29)34-35-37)21(13-19)22-14-26(38)36(17-33-22)24(12-18-4-2-1-3-5-18)27(39)32-9-8-20-15-30-10-11-31-20/h1-7,10-11,13-17,24,34-35H,8-9,12H2,(H,32,39)/t24-/m0/s1. The Morgan fingerprint density at radius 1 is 1.05 bits per heavy atom. The average Bonchev–Trinajstić information content (AvgIpc) is 3.39. The van der Waals surface area contributed by atoms with E-state index in [9.17, 15) is 9.59 Å². The fraction of sp³-hybridized carbons (Fsp3) is 0.148. The Bertz CT molecular complexity index is 1550. The Balaban J connectivity index is 1.43. The molecule has 0 saturated heterocycles. The van der Waals surface area contributed by atoms with Crippen LogP contribution in [0.5, 0.6) is 0 Å². The lowest BCUT2D eigenvalue weighted by molar-refractivity contribution is -0.124. The highest BCUT2D eigenvalue weighted by Gasteiger charge is 2.24. The molecule has 1 aliphatic rings. The van der Waals surface area contributed by atoms with Crippen molar-refractivity contribution >= 4 is 34.8 Å². The van der Waals surface area contributed by atoms with Gasteiger partial charge in [-0.2, -0.15) is 0 Å². The van der Waals surface area contributed by atoms with E-state index in [-0.39, 0.29) is 11.5 Å². The van der Waals surface area contributed by atoms with E-state index in [0.717, 1.165) is 11.3 Å². The van der Waals surface area contributed by atoms with Crippen molar-refractivity contribution in [1.29, 1.82) is 0 Å². The number of carbonyl (C=O) groups is 1. The van der Waals surface area contributed by atoms with Crippen LogP contribution < -0.4 is 26.8 Å². The normalized spacial score (nSPS) is 13.5. The van der Waals surface area contributed by atoms with E-state index < -0.39 is 6.04 Å². The topological polar surface area (TPSA) is 117 Å². The maximum atomic E-state index is 13.4. The molecule has 0 aliphatic carbocycles. The summed E-state index contributed by atoms with van der Waals surface area (Å²) in [6, 6.07) is 15.3. The van der Waals surface area contributed by atoms with Gasteiger partial charge in [0.2, 0.25) is 5.91 Å². The Morgan fingerprint density at radius 2 is 1.90 bits per heavy atom. The summed E-state index contributed by atoms with van der Waals surface area (Å²) in [6.45, 7) is 0.349. The molecule has 1 aliphatic heterocycles. The van der Waals surface area contributed by atoms with Gasteiger partial charge in [0.1, 0.15) is 11.2 Å². The van der Waals surface area contributed by atoms with Crippen LogP contribution >= 0.6 is 23.2 Å². The third kappa shape index (κ3) is 6.43. The molecule has 0 spiro atoms. The molecular formula is C27H24Cl2N8O2. The van der Waals surface area contributed by atoms with Crippen LogP contribution in [0.25, 0.3) is 11.3 Å². The fourth-order valence-corrected chi connectivity index (χ4v) is 4.49. The number of nitrogens with zero attached hydrogens (tertiary/aromatic N) is 5. The summed E-state index contributed by atoms with van der Waals surface area (Å²) in [5, 5.41) is 5.46. The molecule has 2 aromatic carbocycles. The molecule has 1 atom stereocenters. The van der Waals surface area contributed by atoms with Crippen LogP contribution in [0.2, 0.25) is 5.02 Å². The van der Waals surface area contributed by atoms with E-state index >= 15 is 0 Å². The Morgan fingerprint density at radius 3 is 2.62 bits per heavy atom. The SMILES string of the molecule is O=C(NCCc1cnccn1)[C@H](Cc1ccccc1)n1cnc(-c2cc(Cl)ccc2N2C=C(Cl)NN2)cc1=O. The van der Waals surface area contributed by atoms with Crippen LogP contribution in [0.4, 0.5) is 5.69 Å². The highest BCUT2D eigenvalue weighted by molar-refractivity contribution is 6.31. The van der Waals surface area contributed by atoms with Gasteiger partial charge in [0.15, 0.2) is 0 Å². The predicted molar refractivity (Wildman–Crippen MR) is 150 cm³/mol. The number of anilines is 1. The number of hydrazine groups is 2. The lowest BCUT2D eigenvalue weighted by Crippen LogP contribution is -2.39. The van der Waals surface area contributed by atoms with E-state index in [1.807, 2.05) is 30.3 Å². The first-order chi connectivity index (χ1) is 19.0. The first-order valence-corrected chi connectivity index (χ1v) is 12.9. The molecule has 0 saturated carbocycles. The second-order valence-corrected chi connectivity index (χ2v) is 9.55. The molecule has 2 aromatic heterocycles. The van der Waals surface area contributed by atoms with E-state index in [0.29, 0.717) is 46.5 Å². The molecule has 0 unspecified atom stereocenters. The minimum Gasteiger partial charge on any atom is -0.354 e. The number of halogens is 2. The van der Waals surface area contributed by atoms with Gasteiger partial charge in [0.05, 0.1) is 29.6 Å². The summed E-state index contributed by atoms with van der Waals surface area (Å²) in [5.74, 6) is -0.296. The number of nitrogens with one attached hydrogen (secondary N) is 3. The van der Waals surface area contributed by atoms with Crippen LogP contribution in [-0.4, -0.2) is 32.0 Å². The third-order valence-corrected chi connectivity index (χ3v) is 6.50. The van der Waals surface area contributed by atoms with Crippen molar-refractivity contribution < 1.29 is 4.79 Å². The molecule has 5 rings (SSSR count). The second-order valence-electron chi connectivity index (χ2n) is 8.71. The number of amides is 1. The first kappa shape index (κ1) is 26.4. The molecule has 1 amide bonds. The van der Waals surface area contributed by atoms with E-state index in [4.69, 9.17) is 23.2 Å². The Labute approximate surface area is 234 Å². The number of carbonyl (C=O) groups excluding carboxylic acids is 1. The Kier molecular flexibility index (Phi) is 8.16. The zero-order chi connectivity index (χ0) is 27.2. The molecule has 12 heteroatoms. The summed E-state index contributed by atoms with van der Waals surface area (Å²) in [5.41, 5.74) is 8.68. The number of hydrogen-bond donors (Lipinski definition) is 3. The summed E-state index contributed by atoms with van der Waals surface area (Å²) in [4.78, 5) is 39.6. The molecule has 10 nitrogen and oxygen atoms in total. The molecule has 198 valence electrons. The lowest BCUT2D eigenvalue weighted by atomic mass is 10.0. The van der Waals surface area contributed by atoms with Crippen molar-refractivity contribution in [2.45, 2.75) is 18.9 Å². The highest BCUT2D eigenvalue weighted by Crippen LogP contribution is 2.32. The average molecular weight is 563 g/mol. The van der Waals surface area contributed by atoms with Crippen LogP contribution in [-0.2, 0) is 17.6 Å². The zero-order valence-electron chi connectivity index (χ0n) is 20.6. The monoisotopic (exact) mass is 562 g/mol. The number of rotatable bonds is 9. The third-order valence-electron chi connectivity index (χ3n) is 6.08. The molecule has 0 radical (unpaired) electrons. The number of benzene rings is 2. The molecule has 3 N–H and O–H groups in total. The summed E-state index contributed by atoms with van der Waals surface area (Å²) >= 11 is 12.3. The molecule has 0 bridgehead atoms. The van der Waals surface area contributed by atoms with Gasteiger partial charge in [0, 0.05) is 54.6 Å². The second kappa shape index (κ2) is 12.1. The van der Waals surface area contributed by atoms with Crippen LogP contribution in [0.15, 0.2) is 95.7 Å². The minimum absolute atomic E-state index is 0.296. The maximum absolute atomic E-state index is 13.4. The largest absolute Gasteiger partial charge is 0.354 e. The maximum Gasteiger partial charge on any atom is 0.254 e. The van der Waals surface area contributed by atoms with Crippen LogP contribution in [0.1, 0.15) is 17.3 Å². The van der Waals surface area contributed by atoms with Gasteiger partial charge in [-0.1, -0.05) is 53.5 Å². The van der Waals surface area contributed by atoms with Gasteiger partial charge >= 0.3 is 0 Å². The molecular weight excluding hydrogens is 539 g/mol. The van der Waals surface area contributed by atoms with Crippen LogP contribution in [0, 0.1) is 0 Å². The smallest absolute Gasteiger partial charge is 0.254 e. The molecule has 0 fully saturated rings. The van der Waals surface area contributed by atoms with Gasteiger partial charge in [-0.3, -0.25) is 34.6 Å². The fourth-order valence-electron chi connectivity index (χ4n) is 4.18. The zero-order valence-corrected chi connectivity index (χ0v) is 22.1. The van der Waals surface area contributed by atoms with Gasteiger partial charge in [-0.25, -0.2) is 4.98 Å². The molecule has 4 aromatic rings. The highest BCUT2D eigenvalue weighted by atomic mass is 35.5. The van der Waals surface area contributed by atoms with Crippen molar-refractivity contribution in [2.24, 2.45) is 0 Å². The predicted octanol–water partition coefficient (Wildman–Crippen LogP) is 3.36. The Hall–Kier alpha value is -4.25. The summed E-state index contributed by atoms with van der Waals surface area (Å²) < 4.78 is 1.35. The number of hydrogen-bond acceptors (Lipinski definition) is 8. The molecule has 39 heavy (non-hydrogen) atoms. The number of aromatic nitrogens is 4.